The van der Waals surface area contributed by atoms with Crippen LogP contribution in [0.5, 0.6) is 0 Å². The predicted octanol–water partition coefficient (Wildman–Crippen LogP) is 4.74. The molecule has 0 spiro atoms. The van der Waals surface area contributed by atoms with Crippen LogP contribution in [0.1, 0.15) is 24.1 Å². The molecule has 3 rings (SSSR count). The average Bonchev–Trinajstić information content (AvgIpc) is 2.52. The van der Waals surface area contributed by atoms with Crippen LogP contribution < -0.4 is 5.32 Å². The smallest absolute Gasteiger partial charge is 0.0409 e. The lowest BCUT2D eigenvalue weighted by Crippen LogP contribution is -2.18. The maximum absolute atomic E-state index is 6.05. The zero-order valence-corrected chi connectivity index (χ0v) is 12.6. The van der Waals surface area contributed by atoms with Crippen LogP contribution >= 0.6 is 11.6 Å². The van der Waals surface area contributed by atoms with Gasteiger partial charge in [-0.1, -0.05) is 41.9 Å². The van der Waals surface area contributed by atoms with Gasteiger partial charge in [0.05, 0.1) is 0 Å². The van der Waals surface area contributed by atoms with E-state index in [4.69, 9.17) is 11.6 Å². The number of pyridine rings is 1. The molecule has 3 heteroatoms. The maximum atomic E-state index is 6.05. The SMILES string of the molecule is CC(NCc1cccc2cnccc12)c1cccc(Cl)c1. The van der Waals surface area contributed by atoms with Gasteiger partial charge in [-0.3, -0.25) is 4.98 Å². The second-order valence-corrected chi connectivity index (χ2v) is 5.61. The zero-order chi connectivity index (χ0) is 14.7. The Labute approximate surface area is 129 Å². The fourth-order valence-corrected chi connectivity index (χ4v) is 2.70. The lowest BCUT2D eigenvalue weighted by atomic mass is 10.1. The minimum Gasteiger partial charge on any atom is -0.306 e. The normalized spacial score (nSPS) is 12.5. The molecule has 106 valence electrons. The number of nitrogens with zero attached hydrogens (tertiary/aromatic N) is 1. The van der Waals surface area contributed by atoms with Crippen LogP contribution in [0, 0.1) is 0 Å². The van der Waals surface area contributed by atoms with E-state index in [9.17, 15) is 0 Å². The number of rotatable bonds is 4. The van der Waals surface area contributed by atoms with Crippen molar-refractivity contribution in [3.63, 3.8) is 0 Å². The van der Waals surface area contributed by atoms with Crippen LogP contribution in [0.15, 0.2) is 60.9 Å². The molecular weight excluding hydrogens is 280 g/mol. The van der Waals surface area contributed by atoms with Gasteiger partial charge in [0, 0.05) is 35.4 Å². The lowest BCUT2D eigenvalue weighted by Gasteiger charge is -2.15. The van der Waals surface area contributed by atoms with Crippen molar-refractivity contribution in [3.8, 4) is 0 Å². The van der Waals surface area contributed by atoms with E-state index in [1.165, 1.54) is 21.9 Å². The highest BCUT2D eigenvalue weighted by Crippen LogP contribution is 2.20. The van der Waals surface area contributed by atoms with Gasteiger partial charge in [0.2, 0.25) is 0 Å². The first-order chi connectivity index (χ1) is 10.2. The number of hydrogen-bond acceptors (Lipinski definition) is 2. The number of fused-ring (bicyclic) bond motifs is 1. The number of benzene rings is 2. The highest BCUT2D eigenvalue weighted by atomic mass is 35.5. The van der Waals surface area contributed by atoms with E-state index in [-0.39, 0.29) is 6.04 Å². The van der Waals surface area contributed by atoms with E-state index in [0.29, 0.717) is 0 Å². The van der Waals surface area contributed by atoms with Crippen LogP contribution in [-0.2, 0) is 6.54 Å². The van der Waals surface area contributed by atoms with Gasteiger partial charge in [0.1, 0.15) is 0 Å². The highest BCUT2D eigenvalue weighted by Gasteiger charge is 2.06. The average molecular weight is 297 g/mol. The summed E-state index contributed by atoms with van der Waals surface area (Å²) in [6, 6.07) is 16.6. The molecule has 2 aromatic carbocycles. The molecule has 0 fully saturated rings. The van der Waals surface area contributed by atoms with E-state index in [1.54, 1.807) is 0 Å². The van der Waals surface area contributed by atoms with Crippen LogP contribution in [0.3, 0.4) is 0 Å². The van der Waals surface area contributed by atoms with Gasteiger partial charge in [0.25, 0.3) is 0 Å². The molecule has 1 heterocycles. The van der Waals surface area contributed by atoms with Crippen molar-refractivity contribution in [1.29, 1.82) is 0 Å². The van der Waals surface area contributed by atoms with Crippen LogP contribution in [0.2, 0.25) is 5.02 Å². The second-order valence-electron chi connectivity index (χ2n) is 5.17. The molecule has 2 nitrogen and oxygen atoms in total. The fourth-order valence-electron chi connectivity index (χ4n) is 2.50. The summed E-state index contributed by atoms with van der Waals surface area (Å²) in [5.74, 6) is 0. The third-order valence-electron chi connectivity index (χ3n) is 3.72. The predicted molar refractivity (Wildman–Crippen MR) is 88.4 cm³/mol. The molecule has 1 aromatic heterocycles. The van der Waals surface area contributed by atoms with Crippen molar-refractivity contribution in [2.24, 2.45) is 0 Å². The summed E-state index contributed by atoms with van der Waals surface area (Å²) < 4.78 is 0. The Morgan fingerprint density at radius 1 is 1.14 bits per heavy atom. The fraction of sp³-hybridized carbons (Fsp3) is 0.167. The molecule has 3 aromatic rings. The quantitative estimate of drug-likeness (QED) is 0.752. The number of nitrogens with one attached hydrogen (secondary N) is 1. The van der Waals surface area contributed by atoms with Gasteiger partial charge in [-0.2, -0.15) is 0 Å². The number of aromatic nitrogens is 1. The standard InChI is InChI=1S/C18H17ClN2/c1-13(14-4-3-7-17(19)10-14)21-12-16-6-2-5-15-11-20-9-8-18(15)16/h2-11,13,21H,12H2,1H3. The van der Waals surface area contributed by atoms with Crippen molar-refractivity contribution in [2.75, 3.05) is 0 Å². The minimum absolute atomic E-state index is 0.251. The molecule has 0 saturated carbocycles. The lowest BCUT2D eigenvalue weighted by molar-refractivity contribution is 0.576. The Morgan fingerprint density at radius 3 is 2.86 bits per heavy atom. The first-order valence-corrected chi connectivity index (χ1v) is 7.42. The van der Waals surface area contributed by atoms with Crippen molar-refractivity contribution in [3.05, 3.63) is 77.1 Å². The molecule has 0 saturated heterocycles. The summed E-state index contributed by atoms with van der Waals surface area (Å²) in [5.41, 5.74) is 2.48. The summed E-state index contributed by atoms with van der Waals surface area (Å²) in [4.78, 5) is 4.17. The van der Waals surface area contributed by atoms with Gasteiger partial charge < -0.3 is 5.32 Å². The van der Waals surface area contributed by atoms with Gasteiger partial charge >= 0.3 is 0 Å². The van der Waals surface area contributed by atoms with Crippen LogP contribution in [0.25, 0.3) is 10.8 Å². The number of halogens is 1. The minimum atomic E-state index is 0.251. The van der Waals surface area contributed by atoms with Gasteiger partial charge in [-0.25, -0.2) is 0 Å². The Kier molecular flexibility index (Phi) is 4.18. The van der Waals surface area contributed by atoms with E-state index in [1.807, 2.05) is 30.6 Å². The molecule has 0 aliphatic carbocycles. The van der Waals surface area contributed by atoms with Crippen LogP contribution in [0.4, 0.5) is 0 Å². The third-order valence-corrected chi connectivity index (χ3v) is 3.95. The summed E-state index contributed by atoms with van der Waals surface area (Å²) in [5, 5.41) is 6.75. The van der Waals surface area contributed by atoms with Gasteiger partial charge in [-0.15, -0.1) is 0 Å². The van der Waals surface area contributed by atoms with Crippen molar-refractivity contribution in [1.82, 2.24) is 10.3 Å². The molecule has 0 bridgehead atoms. The first kappa shape index (κ1) is 14.1. The number of hydrogen-bond donors (Lipinski definition) is 1. The first-order valence-electron chi connectivity index (χ1n) is 7.04. The summed E-state index contributed by atoms with van der Waals surface area (Å²) in [6.45, 7) is 2.97. The van der Waals surface area contributed by atoms with E-state index in [2.05, 4.69) is 47.6 Å². The maximum Gasteiger partial charge on any atom is 0.0409 e. The Bertz CT molecular complexity index is 750. The molecule has 0 radical (unpaired) electrons. The third kappa shape index (κ3) is 3.23. The van der Waals surface area contributed by atoms with E-state index < -0.39 is 0 Å². The Balaban J connectivity index is 1.77. The van der Waals surface area contributed by atoms with E-state index >= 15 is 0 Å². The molecule has 1 unspecified atom stereocenters. The summed E-state index contributed by atoms with van der Waals surface area (Å²) >= 11 is 6.05. The molecule has 0 aliphatic rings. The van der Waals surface area contributed by atoms with Gasteiger partial charge in [-0.05, 0) is 41.6 Å². The molecule has 1 N–H and O–H groups in total. The molecule has 0 amide bonds. The molecule has 21 heavy (non-hydrogen) atoms. The zero-order valence-electron chi connectivity index (χ0n) is 11.9. The second kappa shape index (κ2) is 6.25. The topological polar surface area (TPSA) is 24.9 Å². The largest absolute Gasteiger partial charge is 0.306 e. The molecule has 0 aliphatic heterocycles. The van der Waals surface area contributed by atoms with Gasteiger partial charge in [0.15, 0.2) is 0 Å². The van der Waals surface area contributed by atoms with Crippen molar-refractivity contribution >= 4 is 22.4 Å². The Morgan fingerprint density at radius 2 is 2.00 bits per heavy atom. The Hall–Kier alpha value is -1.90. The highest BCUT2D eigenvalue weighted by molar-refractivity contribution is 6.30. The summed E-state index contributed by atoms with van der Waals surface area (Å²) in [6.07, 6.45) is 3.74. The molecule has 1 atom stereocenters. The molecular formula is C18H17ClN2. The van der Waals surface area contributed by atoms with E-state index in [0.717, 1.165) is 11.6 Å². The monoisotopic (exact) mass is 296 g/mol. The summed E-state index contributed by atoms with van der Waals surface area (Å²) in [7, 11) is 0. The van der Waals surface area contributed by atoms with Crippen LogP contribution in [-0.4, -0.2) is 4.98 Å². The van der Waals surface area contributed by atoms with Crippen molar-refractivity contribution in [2.45, 2.75) is 19.5 Å². The van der Waals surface area contributed by atoms with Crippen molar-refractivity contribution < 1.29 is 0 Å².